The van der Waals surface area contributed by atoms with Gasteiger partial charge in [0.05, 0.1) is 6.20 Å². The zero-order valence-corrected chi connectivity index (χ0v) is 8.84. The van der Waals surface area contributed by atoms with Crippen LogP contribution in [0.15, 0.2) is 18.3 Å². The highest BCUT2D eigenvalue weighted by molar-refractivity contribution is 6.29. The predicted octanol–water partition coefficient (Wildman–Crippen LogP) is 2.74. The minimum Gasteiger partial charge on any atom is -0.466 e. The summed E-state index contributed by atoms with van der Waals surface area (Å²) in [5.41, 5.74) is 0. The highest BCUT2D eigenvalue weighted by atomic mass is 35.5. The number of pyridine rings is 1. The molecule has 1 aromatic heterocycles. The van der Waals surface area contributed by atoms with E-state index in [1.807, 2.05) is 13.8 Å². The summed E-state index contributed by atoms with van der Waals surface area (Å²) >= 11 is 5.55. The molecule has 0 aliphatic carbocycles. The van der Waals surface area contributed by atoms with E-state index < -0.39 is 0 Å². The van der Waals surface area contributed by atoms with Crippen molar-refractivity contribution in [2.24, 2.45) is 0 Å². The second-order valence-electron chi connectivity index (χ2n) is 1.87. The van der Waals surface area contributed by atoms with Gasteiger partial charge in [0.15, 0.2) is 6.79 Å². The Hall–Kier alpha value is -0.800. The first-order valence-electron chi connectivity index (χ1n) is 4.06. The van der Waals surface area contributed by atoms with Gasteiger partial charge in [-0.05, 0) is 12.1 Å². The van der Waals surface area contributed by atoms with Crippen LogP contribution in [0, 0.1) is 0 Å². The summed E-state index contributed by atoms with van der Waals surface area (Å²) in [6.07, 6.45) is 1.54. The van der Waals surface area contributed by atoms with Crippen LogP contribution < -0.4 is 4.74 Å². The maximum absolute atomic E-state index is 5.55. The van der Waals surface area contributed by atoms with Gasteiger partial charge in [-0.3, -0.25) is 0 Å². The molecule has 0 saturated heterocycles. The Kier molecular flexibility index (Phi) is 7.35. The van der Waals surface area contributed by atoms with Crippen LogP contribution in [-0.2, 0) is 4.74 Å². The summed E-state index contributed by atoms with van der Waals surface area (Å²) in [7, 11) is 1.56. The Balaban J connectivity index is 0.000000671. The first-order valence-corrected chi connectivity index (χ1v) is 4.44. The summed E-state index contributed by atoms with van der Waals surface area (Å²) in [5, 5.41) is 0.453. The maximum atomic E-state index is 5.55. The summed E-state index contributed by atoms with van der Waals surface area (Å²) < 4.78 is 9.76. The van der Waals surface area contributed by atoms with Gasteiger partial charge in [0.25, 0.3) is 0 Å². The molecule has 0 fully saturated rings. The highest BCUT2D eigenvalue weighted by Gasteiger charge is 1.92. The van der Waals surface area contributed by atoms with Gasteiger partial charge in [-0.1, -0.05) is 25.4 Å². The zero-order valence-electron chi connectivity index (χ0n) is 8.08. The Bertz CT molecular complexity index is 213. The second kappa shape index (κ2) is 7.83. The number of nitrogens with zero attached hydrogens (tertiary/aromatic N) is 1. The first-order chi connectivity index (χ1) is 6.33. The lowest BCUT2D eigenvalue weighted by molar-refractivity contribution is 0.0508. The van der Waals surface area contributed by atoms with Crippen molar-refractivity contribution < 1.29 is 9.47 Å². The number of hydrogen-bond donors (Lipinski definition) is 0. The summed E-state index contributed by atoms with van der Waals surface area (Å²) in [5.74, 6) is 0.649. The molecule has 0 unspecified atom stereocenters. The molecule has 0 bridgehead atoms. The molecule has 1 aromatic rings. The second-order valence-corrected chi connectivity index (χ2v) is 2.25. The summed E-state index contributed by atoms with van der Waals surface area (Å²) in [4.78, 5) is 3.82. The molecule has 0 saturated carbocycles. The lowest BCUT2D eigenvalue weighted by Gasteiger charge is -2.02. The highest BCUT2D eigenvalue weighted by Crippen LogP contribution is 2.11. The van der Waals surface area contributed by atoms with Crippen LogP contribution >= 0.6 is 11.6 Å². The van der Waals surface area contributed by atoms with Crippen molar-refractivity contribution in [2.45, 2.75) is 13.8 Å². The van der Waals surface area contributed by atoms with Crippen molar-refractivity contribution in [3.8, 4) is 5.75 Å². The number of hydrogen-bond acceptors (Lipinski definition) is 3. The molecule has 13 heavy (non-hydrogen) atoms. The summed E-state index contributed by atoms with van der Waals surface area (Å²) in [6, 6.07) is 3.39. The zero-order chi connectivity index (χ0) is 10.1. The van der Waals surface area contributed by atoms with E-state index in [2.05, 4.69) is 4.98 Å². The van der Waals surface area contributed by atoms with Crippen LogP contribution in [0.3, 0.4) is 0 Å². The smallest absolute Gasteiger partial charge is 0.188 e. The van der Waals surface area contributed by atoms with Crippen molar-refractivity contribution in [1.82, 2.24) is 4.98 Å². The average molecular weight is 204 g/mol. The van der Waals surface area contributed by atoms with E-state index in [1.54, 1.807) is 25.4 Å². The molecule has 4 heteroatoms. The van der Waals surface area contributed by atoms with Gasteiger partial charge in [-0.2, -0.15) is 0 Å². The molecule has 0 atom stereocenters. The molecule has 0 N–H and O–H groups in total. The lowest BCUT2D eigenvalue weighted by Crippen LogP contribution is -1.98. The molecular formula is C9H14ClNO2. The monoisotopic (exact) mass is 203 g/mol. The number of halogens is 1. The molecule has 0 aliphatic heterocycles. The largest absolute Gasteiger partial charge is 0.466 e. The van der Waals surface area contributed by atoms with Crippen molar-refractivity contribution in [2.75, 3.05) is 13.9 Å². The Morgan fingerprint density at radius 2 is 2.08 bits per heavy atom. The van der Waals surface area contributed by atoms with E-state index in [9.17, 15) is 0 Å². The van der Waals surface area contributed by atoms with Gasteiger partial charge in [0, 0.05) is 7.11 Å². The van der Waals surface area contributed by atoms with Gasteiger partial charge in [-0.15, -0.1) is 0 Å². The quantitative estimate of drug-likeness (QED) is 0.559. The molecular weight excluding hydrogens is 190 g/mol. The fourth-order valence-electron chi connectivity index (χ4n) is 0.575. The van der Waals surface area contributed by atoms with Crippen LogP contribution in [0.5, 0.6) is 5.75 Å². The van der Waals surface area contributed by atoms with Gasteiger partial charge in [0.2, 0.25) is 0 Å². The normalized spacial score (nSPS) is 8.62. The molecule has 0 spiro atoms. The number of ether oxygens (including phenoxy) is 2. The molecule has 0 radical (unpaired) electrons. The van der Waals surface area contributed by atoms with Crippen LogP contribution in [0.4, 0.5) is 0 Å². The first kappa shape index (κ1) is 12.2. The van der Waals surface area contributed by atoms with Crippen molar-refractivity contribution in [3.05, 3.63) is 23.5 Å². The fourth-order valence-corrected chi connectivity index (χ4v) is 0.686. The van der Waals surface area contributed by atoms with E-state index in [0.29, 0.717) is 10.9 Å². The van der Waals surface area contributed by atoms with Crippen LogP contribution in [0.2, 0.25) is 5.15 Å². The van der Waals surface area contributed by atoms with E-state index in [1.165, 1.54) is 0 Å². The van der Waals surface area contributed by atoms with Gasteiger partial charge in [-0.25, -0.2) is 4.98 Å². The Labute approximate surface area is 83.6 Å². The van der Waals surface area contributed by atoms with Gasteiger partial charge < -0.3 is 9.47 Å². The Morgan fingerprint density at radius 3 is 2.54 bits per heavy atom. The van der Waals surface area contributed by atoms with E-state index in [-0.39, 0.29) is 6.79 Å². The van der Waals surface area contributed by atoms with Crippen molar-refractivity contribution >= 4 is 11.6 Å². The predicted molar refractivity (Wildman–Crippen MR) is 53.1 cm³/mol. The van der Waals surface area contributed by atoms with Crippen LogP contribution in [0.1, 0.15) is 13.8 Å². The molecule has 1 rings (SSSR count). The van der Waals surface area contributed by atoms with Crippen molar-refractivity contribution in [1.29, 1.82) is 0 Å². The topological polar surface area (TPSA) is 31.4 Å². The minimum atomic E-state index is 0.226. The third-order valence-corrected chi connectivity index (χ3v) is 1.27. The third-order valence-electron chi connectivity index (χ3n) is 1.04. The molecule has 1 heterocycles. The maximum Gasteiger partial charge on any atom is 0.188 e. The molecule has 74 valence electrons. The van der Waals surface area contributed by atoms with E-state index in [4.69, 9.17) is 21.1 Å². The van der Waals surface area contributed by atoms with Crippen LogP contribution in [-0.4, -0.2) is 18.9 Å². The van der Waals surface area contributed by atoms with E-state index >= 15 is 0 Å². The standard InChI is InChI=1S/C7H8ClNO2.C2H6/c1-10-5-11-6-2-3-7(8)9-4-6;1-2/h2-4H,5H2,1H3;1-2H3. The summed E-state index contributed by atoms with van der Waals surface area (Å²) in [6.45, 7) is 4.23. The number of aromatic nitrogens is 1. The Morgan fingerprint density at radius 1 is 1.38 bits per heavy atom. The lowest BCUT2D eigenvalue weighted by atomic mass is 10.5. The van der Waals surface area contributed by atoms with E-state index in [0.717, 1.165) is 0 Å². The number of methoxy groups -OCH3 is 1. The molecule has 0 aromatic carbocycles. The fraction of sp³-hybridized carbons (Fsp3) is 0.444. The van der Waals surface area contributed by atoms with Gasteiger partial charge >= 0.3 is 0 Å². The van der Waals surface area contributed by atoms with Gasteiger partial charge in [0.1, 0.15) is 10.9 Å². The molecule has 0 amide bonds. The third kappa shape index (κ3) is 5.44. The van der Waals surface area contributed by atoms with Crippen LogP contribution in [0.25, 0.3) is 0 Å². The van der Waals surface area contributed by atoms with Crippen molar-refractivity contribution in [3.63, 3.8) is 0 Å². The average Bonchev–Trinajstić information content (AvgIpc) is 2.20. The molecule has 0 aliphatic rings. The molecule has 3 nitrogen and oxygen atoms in total. The minimum absolute atomic E-state index is 0.226. The SMILES string of the molecule is CC.COCOc1ccc(Cl)nc1. The number of rotatable bonds is 3.